The summed E-state index contributed by atoms with van der Waals surface area (Å²) < 4.78 is 35.6. The molecule has 0 spiro atoms. The Bertz CT molecular complexity index is 739. The quantitative estimate of drug-likeness (QED) is 0.346. The van der Waals surface area contributed by atoms with Crippen molar-refractivity contribution in [3.63, 3.8) is 0 Å². The molecule has 0 saturated carbocycles. The number of anilines is 1. The van der Waals surface area contributed by atoms with Crippen molar-refractivity contribution in [1.82, 2.24) is 9.62 Å². The SMILES string of the molecule is CCNC(=NCC1CCN(S(C)(=O)=O)C1)Nc1cccc(OCCCOC)c1. The van der Waals surface area contributed by atoms with E-state index in [1.54, 1.807) is 7.11 Å². The van der Waals surface area contributed by atoms with E-state index in [2.05, 4.69) is 15.6 Å². The first-order chi connectivity index (χ1) is 13.4. The molecule has 28 heavy (non-hydrogen) atoms. The van der Waals surface area contributed by atoms with E-state index in [1.807, 2.05) is 31.2 Å². The van der Waals surface area contributed by atoms with E-state index in [4.69, 9.17) is 9.47 Å². The maximum atomic E-state index is 11.7. The average Bonchev–Trinajstić information content (AvgIpc) is 3.13. The van der Waals surface area contributed by atoms with Gasteiger partial charge >= 0.3 is 0 Å². The molecule has 1 saturated heterocycles. The molecule has 2 rings (SSSR count). The van der Waals surface area contributed by atoms with Crippen molar-refractivity contribution in [2.45, 2.75) is 19.8 Å². The molecule has 1 aliphatic rings. The number of benzene rings is 1. The number of hydrogen-bond donors (Lipinski definition) is 2. The van der Waals surface area contributed by atoms with Gasteiger partial charge in [-0.15, -0.1) is 0 Å². The van der Waals surface area contributed by atoms with Crippen molar-refractivity contribution in [3.8, 4) is 5.75 Å². The van der Waals surface area contributed by atoms with Crippen molar-refractivity contribution in [3.05, 3.63) is 24.3 Å². The molecule has 8 nitrogen and oxygen atoms in total. The van der Waals surface area contributed by atoms with Crippen LogP contribution in [0.2, 0.25) is 0 Å². The van der Waals surface area contributed by atoms with Gasteiger partial charge in [-0.25, -0.2) is 12.7 Å². The Labute approximate surface area is 168 Å². The average molecular weight is 413 g/mol. The molecule has 1 aliphatic heterocycles. The lowest BCUT2D eigenvalue weighted by atomic mass is 10.1. The van der Waals surface area contributed by atoms with E-state index in [1.165, 1.54) is 10.6 Å². The number of hydrogen-bond acceptors (Lipinski definition) is 5. The molecule has 1 atom stereocenters. The molecular formula is C19H32N4O4S. The number of rotatable bonds is 10. The maximum Gasteiger partial charge on any atom is 0.211 e. The number of methoxy groups -OCH3 is 1. The van der Waals surface area contributed by atoms with Gasteiger partial charge < -0.3 is 20.1 Å². The van der Waals surface area contributed by atoms with Gasteiger partial charge in [-0.1, -0.05) is 6.07 Å². The minimum Gasteiger partial charge on any atom is -0.493 e. The predicted octanol–water partition coefficient (Wildman–Crippen LogP) is 1.76. The van der Waals surface area contributed by atoms with Crippen molar-refractivity contribution in [1.29, 1.82) is 0 Å². The van der Waals surface area contributed by atoms with Gasteiger partial charge in [-0.2, -0.15) is 0 Å². The van der Waals surface area contributed by atoms with Gasteiger partial charge in [0.05, 0.1) is 12.9 Å². The van der Waals surface area contributed by atoms with E-state index in [-0.39, 0.29) is 5.92 Å². The molecule has 1 fully saturated rings. The Kier molecular flexibility index (Phi) is 9.01. The summed E-state index contributed by atoms with van der Waals surface area (Å²) in [6.45, 7) is 5.70. The molecule has 0 aliphatic carbocycles. The van der Waals surface area contributed by atoms with E-state index in [0.717, 1.165) is 30.8 Å². The lowest BCUT2D eigenvalue weighted by Crippen LogP contribution is -2.31. The number of nitrogens with one attached hydrogen (secondary N) is 2. The van der Waals surface area contributed by atoms with Crippen molar-refractivity contribution in [2.24, 2.45) is 10.9 Å². The highest BCUT2D eigenvalue weighted by atomic mass is 32.2. The van der Waals surface area contributed by atoms with Crippen LogP contribution in [0.25, 0.3) is 0 Å². The Morgan fingerprint density at radius 1 is 1.36 bits per heavy atom. The number of ether oxygens (including phenoxy) is 2. The number of aliphatic imine (C=N–C) groups is 1. The lowest BCUT2D eigenvalue weighted by molar-refractivity contribution is 0.172. The Morgan fingerprint density at radius 3 is 2.86 bits per heavy atom. The van der Waals surface area contributed by atoms with Gasteiger partial charge in [0.15, 0.2) is 5.96 Å². The fraction of sp³-hybridized carbons (Fsp3) is 0.632. The number of guanidine groups is 1. The van der Waals surface area contributed by atoms with Gasteiger partial charge in [0.2, 0.25) is 10.0 Å². The molecule has 1 aromatic rings. The minimum absolute atomic E-state index is 0.237. The standard InChI is InChI=1S/C19H32N4O4S/c1-4-20-19(21-14-16-9-10-23(15-16)28(3,24)25)22-17-7-5-8-18(13-17)27-12-6-11-26-2/h5,7-8,13,16H,4,6,9-12,14-15H2,1-3H3,(H2,20,21,22). The first kappa shape index (κ1) is 22.4. The smallest absolute Gasteiger partial charge is 0.211 e. The third kappa shape index (κ3) is 7.65. The van der Waals surface area contributed by atoms with E-state index >= 15 is 0 Å². The second kappa shape index (κ2) is 11.2. The zero-order valence-electron chi connectivity index (χ0n) is 17.0. The van der Waals surface area contributed by atoms with Crippen LogP contribution in [0.3, 0.4) is 0 Å². The second-order valence-electron chi connectivity index (χ2n) is 6.84. The normalized spacial score (nSPS) is 18.2. The van der Waals surface area contributed by atoms with Crippen LogP contribution in [0.4, 0.5) is 5.69 Å². The minimum atomic E-state index is -3.12. The van der Waals surface area contributed by atoms with Crippen molar-refractivity contribution < 1.29 is 17.9 Å². The topological polar surface area (TPSA) is 92.3 Å². The second-order valence-corrected chi connectivity index (χ2v) is 8.83. The van der Waals surface area contributed by atoms with Crippen LogP contribution in [0.15, 0.2) is 29.3 Å². The molecule has 0 aromatic heterocycles. The third-order valence-electron chi connectivity index (χ3n) is 4.43. The molecule has 2 N–H and O–H groups in total. The van der Waals surface area contributed by atoms with Crippen LogP contribution >= 0.6 is 0 Å². The van der Waals surface area contributed by atoms with E-state index in [0.29, 0.717) is 38.8 Å². The lowest BCUT2D eigenvalue weighted by Gasteiger charge is -2.15. The molecule has 9 heteroatoms. The Hall–Kier alpha value is -1.84. The molecule has 0 radical (unpaired) electrons. The summed E-state index contributed by atoms with van der Waals surface area (Å²) in [7, 11) is -1.44. The van der Waals surface area contributed by atoms with Crippen molar-refractivity contribution in [2.75, 3.05) is 58.1 Å². The van der Waals surface area contributed by atoms with Crippen LogP contribution in [-0.2, 0) is 14.8 Å². The van der Waals surface area contributed by atoms with Crippen LogP contribution in [0, 0.1) is 5.92 Å². The summed E-state index contributed by atoms with van der Waals surface area (Å²) >= 11 is 0. The summed E-state index contributed by atoms with van der Waals surface area (Å²) in [4.78, 5) is 4.64. The van der Waals surface area contributed by atoms with Gasteiger partial charge in [0.1, 0.15) is 5.75 Å². The summed E-state index contributed by atoms with van der Waals surface area (Å²) in [5.41, 5.74) is 0.883. The van der Waals surface area contributed by atoms with Crippen LogP contribution < -0.4 is 15.4 Å². The molecule has 1 heterocycles. The largest absolute Gasteiger partial charge is 0.493 e. The zero-order valence-corrected chi connectivity index (χ0v) is 17.8. The van der Waals surface area contributed by atoms with Gasteiger partial charge in [-0.3, -0.25) is 4.99 Å². The van der Waals surface area contributed by atoms with E-state index in [9.17, 15) is 8.42 Å². The Balaban J connectivity index is 1.92. The summed E-state index contributed by atoms with van der Waals surface area (Å²) in [6, 6.07) is 7.73. The van der Waals surface area contributed by atoms with Crippen molar-refractivity contribution >= 4 is 21.7 Å². The highest BCUT2D eigenvalue weighted by Crippen LogP contribution is 2.20. The summed E-state index contributed by atoms with van der Waals surface area (Å²) in [5, 5.41) is 6.52. The fourth-order valence-electron chi connectivity index (χ4n) is 2.97. The van der Waals surface area contributed by atoms with Gasteiger partial charge in [0, 0.05) is 58.1 Å². The van der Waals surface area contributed by atoms with Crippen LogP contribution in [0.1, 0.15) is 19.8 Å². The zero-order chi connectivity index (χ0) is 20.4. The Morgan fingerprint density at radius 2 is 2.18 bits per heavy atom. The number of nitrogens with zero attached hydrogens (tertiary/aromatic N) is 2. The predicted molar refractivity (Wildman–Crippen MR) is 113 cm³/mol. The third-order valence-corrected chi connectivity index (χ3v) is 5.70. The van der Waals surface area contributed by atoms with Gasteiger partial charge in [-0.05, 0) is 31.4 Å². The molecular weight excluding hydrogens is 380 g/mol. The monoisotopic (exact) mass is 412 g/mol. The summed E-state index contributed by atoms with van der Waals surface area (Å²) in [5.74, 6) is 1.70. The molecule has 1 unspecified atom stereocenters. The highest BCUT2D eigenvalue weighted by Gasteiger charge is 2.28. The van der Waals surface area contributed by atoms with Gasteiger partial charge in [0.25, 0.3) is 0 Å². The summed E-state index contributed by atoms with van der Waals surface area (Å²) in [6.07, 6.45) is 2.93. The first-order valence-electron chi connectivity index (χ1n) is 9.64. The van der Waals surface area contributed by atoms with Crippen LogP contribution in [0.5, 0.6) is 5.75 Å². The molecule has 0 amide bonds. The fourth-order valence-corrected chi connectivity index (χ4v) is 3.89. The van der Waals surface area contributed by atoms with E-state index < -0.39 is 10.0 Å². The molecule has 158 valence electrons. The maximum absolute atomic E-state index is 11.7. The molecule has 1 aromatic carbocycles. The number of sulfonamides is 1. The van der Waals surface area contributed by atoms with Crippen LogP contribution in [-0.4, -0.2) is 71.4 Å². The molecule has 0 bridgehead atoms. The highest BCUT2D eigenvalue weighted by molar-refractivity contribution is 7.88. The first-order valence-corrected chi connectivity index (χ1v) is 11.5.